The Kier molecular flexibility index (Phi) is 2.91. The van der Waals surface area contributed by atoms with E-state index in [9.17, 15) is 9.18 Å². The predicted molar refractivity (Wildman–Crippen MR) is 59.6 cm³/mol. The van der Waals surface area contributed by atoms with Crippen LogP contribution in [-0.4, -0.2) is 22.7 Å². The largest absolute Gasteiger partial charge is 0.497 e. The van der Waals surface area contributed by atoms with Crippen LogP contribution in [0.4, 0.5) is 4.39 Å². The fourth-order valence-electron chi connectivity index (χ4n) is 1.54. The van der Waals surface area contributed by atoms with Crippen molar-refractivity contribution >= 4 is 5.78 Å². The van der Waals surface area contributed by atoms with Gasteiger partial charge in [0.1, 0.15) is 17.3 Å². The van der Waals surface area contributed by atoms with E-state index >= 15 is 0 Å². The van der Waals surface area contributed by atoms with Gasteiger partial charge in [0, 0.05) is 19.3 Å². The van der Waals surface area contributed by atoms with Crippen molar-refractivity contribution in [2.45, 2.75) is 0 Å². The number of nitrogens with zero attached hydrogens (tertiary/aromatic N) is 2. The SMILES string of the molecule is COc1ccc(C(=O)c2ccnn2C)c(F)c1. The van der Waals surface area contributed by atoms with Crippen LogP contribution in [0.1, 0.15) is 16.1 Å². The number of hydrogen-bond donors (Lipinski definition) is 0. The molecule has 0 amide bonds. The molecule has 0 spiro atoms. The first-order valence-electron chi connectivity index (χ1n) is 4.99. The van der Waals surface area contributed by atoms with E-state index < -0.39 is 11.6 Å². The van der Waals surface area contributed by atoms with Gasteiger partial charge in [-0.15, -0.1) is 0 Å². The quantitative estimate of drug-likeness (QED) is 0.760. The first kappa shape index (κ1) is 11.3. The molecule has 0 unspecified atom stereocenters. The minimum Gasteiger partial charge on any atom is -0.497 e. The van der Waals surface area contributed by atoms with Gasteiger partial charge in [-0.3, -0.25) is 9.48 Å². The Labute approximate surface area is 97.6 Å². The smallest absolute Gasteiger partial charge is 0.213 e. The van der Waals surface area contributed by atoms with Crippen molar-refractivity contribution in [3.05, 3.63) is 47.5 Å². The fourth-order valence-corrected chi connectivity index (χ4v) is 1.54. The minimum atomic E-state index is -0.601. The van der Waals surface area contributed by atoms with Crippen molar-refractivity contribution in [2.75, 3.05) is 7.11 Å². The topological polar surface area (TPSA) is 44.1 Å². The molecule has 0 aliphatic heterocycles. The Morgan fingerprint density at radius 1 is 1.41 bits per heavy atom. The molecule has 88 valence electrons. The molecule has 1 aromatic carbocycles. The number of ether oxygens (including phenoxy) is 1. The van der Waals surface area contributed by atoms with E-state index in [4.69, 9.17) is 4.74 Å². The summed E-state index contributed by atoms with van der Waals surface area (Å²) >= 11 is 0. The zero-order chi connectivity index (χ0) is 12.4. The van der Waals surface area contributed by atoms with E-state index in [1.807, 2.05) is 0 Å². The third-order valence-corrected chi connectivity index (χ3v) is 2.47. The number of benzene rings is 1. The Morgan fingerprint density at radius 2 is 2.18 bits per heavy atom. The van der Waals surface area contributed by atoms with Crippen LogP contribution < -0.4 is 4.74 Å². The summed E-state index contributed by atoms with van der Waals surface area (Å²) < 4.78 is 20.0. The standard InChI is InChI=1S/C12H11FN2O2/c1-15-11(5-6-14-15)12(16)9-4-3-8(17-2)7-10(9)13/h3-7H,1-2H3. The highest BCUT2D eigenvalue weighted by Gasteiger charge is 2.17. The van der Waals surface area contributed by atoms with Gasteiger partial charge < -0.3 is 4.74 Å². The van der Waals surface area contributed by atoms with Crippen molar-refractivity contribution in [1.82, 2.24) is 9.78 Å². The van der Waals surface area contributed by atoms with Crippen molar-refractivity contribution in [2.24, 2.45) is 7.05 Å². The van der Waals surface area contributed by atoms with Crippen molar-refractivity contribution in [3.63, 3.8) is 0 Å². The molecule has 0 aliphatic rings. The third kappa shape index (κ3) is 2.04. The number of ketones is 1. The second-order valence-corrected chi connectivity index (χ2v) is 3.51. The summed E-state index contributed by atoms with van der Waals surface area (Å²) in [6, 6.07) is 5.69. The van der Waals surface area contributed by atoms with Crippen LogP contribution in [0.2, 0.25) is 0 Å². The van der Waals surface area contributed by atoms with Crippen LogP contribution in [0.3, 0.4) is 0 Å². The lowest BCUT2D eigenvalue weighted by atomic mass is 10.1. The highest BCUT2D eigenvalue weighted by molar-refractivity contribution is 6.08. The van der Waals surface area contributed by atoms with E-state index in [1.165, 1.54) is 30.1 Å². The number of halogens is 1. The summed E-state index contributed by atoms with van der Waals surface area (Å²) in [5.74, 6) is -0.621. The molecule has 0 atom stereocenters. The molecule has 0 fully saturated rings. The second-order valence-electron chi connectivity index (χ2n) is 3.51. The number of hydrogen-bond acceptors (Lipinski definition) is 3. The van der Waals surface area contributed by atoms with Crippen LogP contribution >= 0.6 is 0 Å². The zero-order valence-electron chi connectivity index (χ0n) is 9.48. The number of carbonyl (C=O) groups is 1. The number of carbonyl (C=O) groups excluding carboxylic acids is 1. The molecule has 1 aromatic heterocycles. The molecule has 4 nitrogen and oxygen atoms in total. The summed E-state index contributed by atoms with van der Waals surface area (Å²) in [4.78, 5) is 12.0. The maximum Gasteiger partial charge on any atom is 0.213 e. The normalized spacial score (nSPS) is 10.3. The molecule has 1 heterocycles. The molecule has 0 aliphatic carbocycles. The summed E-state index contributed by atoms with van der Waals surface area (Å²) in [6.07, 6.45) is 1.49. The summed E-state index contributed by atoms with van der Waals surface area (Å²) in [6.45, 7) is 0. The summed E-state index contributed by atoms with van der Waals surface area (Å²) in [5.41, 5.74) is 0.350. The molecule has 17 heavy (non-hydrogen) atoms. The Bertz CT molecular complexity index is 563. The maximum absolute atomic E-state index is 13.7. The van der Waals surface area contributed by atoms with Crippen LogP contribution in [-0.2, 0) is 7.05 Å². The van der Waals surface area contributed by atoms with Gasteiger partial charge in [-0.1, -0.05) is 0 Å². The molecular formula is C12H11FN2O2. The number of aryl methyl sites for hydroxylation is 1. The van der Waals surface area contributed by atoms with Crippen LogP contribution in [0.25, 0.3) is 0 Å². The summed E-state index contributed by atoms with van der Waals surface area (Å²) in [5, 5.41) is 3.88. The van der Waals surface area contributed by atoms with Gasteiger partial charge in [0.05, 0.1) is 12.7 Å². The molecule has 2 aromatic rings. The molecular weight excluding hydrogens is 223 g/mol. The molecule has 0 N–H and O–H groups in total. The molecule has 0 saturated carbocycles. The second kappa shape index (κ2) is 4.37. The van der Waals surface area contributed by atoms with Gasteiger partial charge in [0.25, 0.3) is 0 Å². The summed E-state index contributed by atoms with van der Waals surface area (Å²) in [7, 11) is 3.08. The van der Waals surface area contributed by atoms with E-state index in [-0.39, 0.29) is 5.56 Å². The first-order valence-corrected chi connectivity index (χ1v) is 4.99. The number of methoxy groups -OCH3 is 1. The van der Waals surface area contributed by atoms with E-state index in [0.717, 1.165) is 0 Å². The highest BCUT2D eigenvalue weighted by atomic mass is 19.1. The van der Waals surface area contributed by atoms with Crippen LogP contribution in [0.5, 0.6) is 5.75 Å². The van der Waals surface area contributed by atoms with Crippen molar-refractivity contribution < 1.29 is 13.9 Å². The van der Waals surface area contributed by atoms with Crippen molar-refractivity contribution in [1.29, 1.82) is 0 Å². The molecule has 5 heteroatoms. The number of rotatable bonds is 3. The fraction of sp³-hybridized carbons (Fsp3) is 0.167. The monoisotopic (exact) mass is 234 g/mol. The predicted octanol–water partition coefficient (Wildman–Crippen LogP) is 1.80. The average Bonchev–Trinajstić information content (AvgIpc) is 2.74. The van der Waals surface area contributed by atoms with Gasteiger partial charge in [-0.25, -0.2) is 4.39 Å². The molecule has 0 saturated heterocycles. The van der Waals surface area contributed by atoms with E-state index in [2.05, 4.69) is 5.10 Å². The lowest BCUT2D eigenvalue weighted by Gasteiger charge is -2.05. The lowest BCUT2D eigenvalue weighted by molar-refractivity contribution is 0.102. The van der Waals surface area contributed by atoms with Crippen LogP contribution in [0.15, 0.2) is 30.5 Å². The van der Waals surface area contributed by atoms with E-state index in [1.54, 1.807) is 19.2 Å². The highest BCUT2D eigenvalue weighted by Crippen LogP contribution is 2.18. The van der Waals surface area contributed by atoms with Gasteiger partial charge in [-0.2, -0.15) is 5.10 Å². The molecule has 0 radical (unpaired) electrons. The zero-order valence-corrected chi connectivity index (χ0v) is 9.48. The Morgan fingerprint density at radius 3 is 2.71 bits per heavy atom. The first-order chi connectivity index (χ1) is 8.13. The molecule has 0 bridgehead atoms. The number of aromatic nitrogens is 2. The molecule has 2 rings (SSSR count). The third-order valence-electron chi connectivity index (χ3n) is 2.47. The van der Waals surface area contributed by atoms with Crippen molar-refractivity contribution in [3.8, 4) is 5.75 Å². The minimum absolute atomic E-state index is 0.00870. The van der Waals surface area contributed by atoms with Gasteiger partial charge in [0.2, 0.25) is 5.78 Å². The Hall–Kier alpha value is -2.17. The van der Waals surface area contributed by atoms with Gasteiger partial charge in [-0.05, 0) is 18.2 Å². The maximum atomic E-state index is 13.7. The average molecular weight is 234 g/mol. The lowest BCUT2D eigenvalue weighted by Crippen LogP contribution is -2.10. The van der Waals surface area contributed by atoms with Gasteiger partial charge in [0.15, 0.2) is 0 Å². The van der Waals surface area contributed by atoms with E-state index in [0.29, 0.717) is 11.4 Å². The van der Waals surface area contributed by atoms with Crippen LogP contribution in [0, 0.1) is 5.82 Å². The Balaban J connectivity index is 2.41. The van der Waals surface area contributed by atoms with Gasteiger partial charge >= 0.3 is 0 Å².